The topological polar surface area (TPSA) is 81.3 Å². The van der Waals surface area contributed by atoms with E-state index < -0.39 is 28.9 Å². The third kappa shape index (κ3) is 4.25. The number of H-pyrrole nitrogens is 1. The lowest BCUT2D eigenvalue weighted by molar-refractivity contribution is 0.0946. The Morgan fingerprint density at radius 2 is 1.79 bits per heavy atom. The van der Waals surface area contributed by atoms with Crippen LogP contribution in [0.2, 0.25) is 0 Å². The SMILES string of the molecule is Cc1nc2ccc(CN3CCN(c4ccc(C(=O)NC5CC5)c(F)c4F)CC3)c(F)c2[nH]c1=O. The summed E-state index contributed by atoms with van der Waals surface area (Å²) in [7, 11) is 0. The van der Waals surface area contributed by atoms with Gasteiger partial charge in [-0.15, -0.1) is 0 Å². The van der Waals surface area contributed by atoms with Gasteiger partial charge < -0.3 is 15.2 Å². The van der Waals surface area contributed by atoms with Crippen molar-refractivity contribution in [2.45, 2.75) is 32.4 Å². The maximum atomic E-state index is 15.0. The van der Waals surface area contributed by atoms with Crippen molar-refractivity contribution in [1.82, 2.24) is 20.2 Å². The summed E-state index contributed by atoms with van der Waals surface area (Å²) in [5.41, 5.74) is 0.548. The summed E-state index contributed by atoms with van der Waals surface area (Å²) < 4.78 is 44.3. The fraction of sp³-hybridized carbons (Fsp3) is 0.375. The molecule has 0 unspecified atom stereocenters. The number of rotatable bonds is 5. The third-order valence-corrected chi connectivity index (χ3v) is 6.38. The number of carbonyl (C=O) groups excluding carboxylic acids is 1. The van der Waals surface area contributed by atoms with Gasteiger partial charge in [0, 0.05) is 44.3 Å². The molecule has 2 aromatic carbocycles. The zero-order valence-corrected chi connectivity index (χ0v) is 18.6. The van der Waals surface area contributed by atoms with Crippen molar-refractivity contribution in [3.63, 3.8) is 0 Å². The molecule has 1 aliphatic carbocycles. The van der Waals surface area contributed by atoms with Crippen molar-refractivity contribution in [2.75, 3.05) is 31.1 Å². The van der Waals surface area contributed by atoms with Crippen molar-refractivity contribution < 1.29 is 18.0 Å². The number of carbonyl (C=O) groups is 1. The fourth-order valence-electron chi connectivity index (χ4n) is 4.22. The first-order valence-electron chi connectivity index (χ1n) is 11.3. The molecule has 34 heavy (non-hydrogen) atoms. The minimum Gasteiger partial charge on any atom is -0.367 e. The second-order valence-electron chi connectivity index (χ2n) is 8.86. The normalized spacial score (nSPS) is 16.8. The molecule has 2 fully saturated rings. The minimum atomic E-state index is -1.14. The lowest BCUT2D eigenvalue weighted by atomic mass is 10.1. The van der Waals surface area contributed by atoms with Crippen LogP contribution in [0.4, 0.5) is 18.9 Å². The van der Waals surface area contributed by atoms with E-state index in [2.05, 4.69) is 15.3 Å². The zero-order valence-electron chi connectivity index (χ0n) is 18.6. The van der Waals surface area contributed by atoms with Gasteiger partial charge in [0.15, 0.2) is 17.5 Å². The van der Waals surface area contributed by atoms with Gasteiger partial charge in [-0.1, -0.05) is 6.07 Å². The molecule has 0 atom stereocenters. The number of anilines is 1. The van der Waals surface area contributed by atoms with Crippen molar-refractivity contribution in [3.8, 4) is 0 Å². The molecule has 1 saturated carbocycles. The maximum absolute atomic E-state index is 15.0. The van der Waals surface area contributed by atoms with Crippen molar-refractivity contribution >= 4 is 22.6 Å². The van der Waals surface area contributed by atoms with Crippen LogP contribution in [-0.4, -0.2) is 53.0 Å². The predicted octanol–water partition coefficient (Wildman–Crippen LogP) is 2.86. The van der Waals surface area contributed by atoms with Crippen LogP contribution < -0.4 is 15.8 Å². The standard InChI is InChI=1S/C24H24F3N5O2/c1-13-23(33)30-22-17(28-13)6-2-14(19(22)25)12-31-8-10-32(11-9-31)18-7-5-16(20(26)21(18)27)24(34)29-15-3-4-15/h2,5-7,15H,3-4,8-12H2,1H3,(H,29,34)(H,30,33). The molecule has 7 nitrogen and oxygen atoms in total. The highest BCUT2D eigenvalue weighted by Gasteiger charge is 2.28. The van der Waals surface area contributed by atoms with E-state index in [0.717, 1.165) is 12.8 Å². The minimum absolute atomic E-state index is 0.0517. The maximum Gasteiger partial charge on any atom is 0.269 e. The molecule has 5 rings (SSSR count). The number of nitrogens with one attached hydrogen (secondary N) is 2. The number of piperazine rings is 1. The molecule has 2 aliphatic rings. The number of aromatic amines is 1. The van der Waals surface area contributed by atoms with Gasteiger partial charge in [-0.05, 0) is 38.0 Å². The summed E-state index contributed by atoms with van der Waals surface area (Å²) >= 11 is 0. The highest BCUT2D eigenvalue weighted by atomic mass is 19.2. The van der Waals surface area contributed by atoms with Gasteiger partial charge in [-0.25, -0.2) is 18.2 Å². The second kappa shape index (κ2) is 8.75. The Balaban J connectivity index is 1.26. The average molecular weight is 471 g/mol. The first-order valence-corrected chi connectivity index (χ1v) is 11.3. The quantitative estimate of drug-likeness (QED) is 0.598. The molecule has 0 bridgehead atoms. The Hall–Kier alpha value is -3.40. The van der Waals surface area contributed by atoms with E-state index in [0.29, 0.717) is 43.8 Å². The monoisotopic (exact) mass is 471 g/mol. The second-order valence-corrected chi connectivity index (χ2v) is 8.86. The predicted molar refractivity (Wildman–Crippen MR) is 121 cm³/mol. The molecule has 10 heteroatoms. The van der Waals surface area contributed by atoms with Gasteiger partial charge in [0.25, 0.3) is 11.5 Å². The van der Waals surface area contributed by atoms with Gasteiger partial charge >= 0.3 is 0 Å². The molecule has 3 aromatic rings. The number of hydrogen-bond acceptors (Lipinski definition) is 5. The first kappa shape index (κ1) is 22.4. The summed E-state index contributed by atoms with van der Waals surface area (Å²) in [5, 5.41) is 2.67. The molecule has 0 radical (unpaired) electrons. The van der Waals surface area contributed by atoms with Crippen LogP contribution in [0.5, 0.6) is 0 Å². The van der Waals surface area contributed by atoms with Gasteiger partial charge in [-0.3, -0.25) is 14.5 Å². The molecule has 1 aliphatic heterocycles. The highest BCUT2D eigenvalue weighted by molar-refractivity contribution is 5.95. The number of aryl methyl sites for hydroxylation is 1. The van der Waals surface area contributed by atoms with E-state index in [-0.39, 0.29) is 28.5 Å². The van der Waals surface area contributed by atoms with Gasteiger partial charge in [-0.2, -0.15) is 0 Å². The Labute approximate surface area is 193 Å². The first-order chi connectivity index (χ1) is 16.3. The number of benzene rings is 2. The van der Waals surface area contributed by atoms with Crippen LogP contribution in [0, 0.1) is 24.4 Å². The summed E-state index contributed by atoms with van der Waals surface area (Å²) in [6.07, 6.45) is 1.71. The summed E-state index contributed by atoms with van der Waals surface area (Å²) in [6.45, 7) is 3.71. The molecular weight excluding hydrogens is 447 g/mol. The molecule has 2 heterocycles. The lowest BCUT2D eigenvalue weighted by Crippen LogP contribution is -2.46. The van der Waals surface area contributed by atoms with Gasteiger partial charge in [0.1, 0.15) is 11.2 Å². The smallest absolute Gasteiger partial charge is 0.269 e. The van der Waals surface area contributed by atoms with E-state index in [1.807, 2.05) is 4.90 Å². The Morgan fingerprint density at radius 3 is 2.50 bits per heavy atom. The molecule has 2 N–H and O–H groups in total. The van der Waals surface area contributed by atoms with Crippen molar-refractivity contribution in [2.24, 2.45) is 0 Å². The van der Waals surface area contributed by atoms with Crippen molar-refractivity contribution in [1.29, 1.82) is 0 Å². The molecule has 178 valence electrons. The molecular formula is C24H24F3N5O2. The number of halogens is 3. The summed E-state index contributed by atoms with van der Waals surface area (Å²) in [5.74, 6) is -3.30. The van der Waals surface area contributed by atoms with E-state index in [1.165, 1.54) is 12.1 Å². The van der Waals surface area contributed by atoms with Gasteiger partial charge in [0.2, 0.25) is 0 Å². The number of fused-ring (bicyclic) bond motifs is 1. The van der Waals surface area contributed by atoms with E-state index in [9.17, 15) is 22.8 Å². The molecule has 1 aromatic heterocycles. The van der Waals surface area contributed by atoms with Crippen LogP contribution in [0.3, 0.4) is 0 Å². The van der Waals surface area contributed by atoms with E-state index in [1.54, 1.807) is 24.0 Å². The third-order valence-electron chi connectivity index (χ3n) is 6.38. The fourth-order valence-corrected chi connectivity index (χ4v) is 4.22. The van der Waals surface area contributed by atoms with Crippen LogP contribution in [0.15, 0.2) is 29.1 Å². The Bertz CT molecular complexity index is 1330. The van der Waals surface area contributed by atoms with Gasteiger partial charge in [0.05, 0.1) is 16.8 Å². The van der Waals surface area contributed by atoms with E-state index >= 15 is 0 Å². The van der Waals surface area contributed by atoms with Crippen LogP contribution in [-0.2, 0) is 6.54 Å². The Kier molecular flexibility index (Phi) is 5.76. The number of aromatic nitrogens is 2. The molecule has 1 amide bonds. The summed E-state index contributed by atoms with van der Waals surface area (Å²) in [4.78, 5) is 34.4. The van der Waals surface area contributed by atoms with Crippen LogP contribution in [0.25, 0.3) is 11.0 Å². The van der Waals surface area contributed by atoms with Crippen LogP contribution in [0.1, 0.15) is 34.5 Å². The summed E-state index contributed by atoms with van der Waals surface area (Å²) in [6, 6.07) is 6.13. The van der Waals surface area contributed by atoms with E-state index in [4.69, 9.17) is 0 Å². The average Bonchev–Trinajstić information content (AvgIpc) is 3.63. The lowest BCUT2D eigenvalue weighted by Gasteiger charge is -2.36. The highest BCUT2D eigenvalue weighted by Crippen LogP contribution is 2.27. The number of amides is 1. The van der Waals surface area contributed by atoms with Crippen molar-refractivity contribution in [3.05, 3.63) is 68.9 Å². The number of nitrogens with zero attached hydrogens (tertiary/aromatic N) is 3. The Morgan fingerprint density at radius 1 is 1.06 bits per heavy atom. The molecule has 1 saturated heterocycles. The largest absolute Gasteiger partial charge is 0.367 e. The zero-order chi connectivity index (χ0) is 24.0. The molecule has 0 spiro atoms. The number of hydrogen-bond donors (Lipinski definition) is 2. The van der Waals surface area contributed by atoms with Crippen LogP contribution >= 0.6 is 0 Å².